The Hall–Kier alpha value is -1.87. The Kier molecular flexibility index (Phi) is 4.74. The van der Waals surface area contributed by atoms with Crippen LogP contribution in [0.5, 0.6) is 5.75 Å². The first-order chi connectivity index (χ1) is 9.61. The number of hydrogen-bond donors (Lipinski definition) is 1. The molecule has 2 rings (SSSR count). The third-order valence-electron chi connectivity index (χ3n) is 3.31. The lowest BCUT2D eigenvalue weighted by molar-refractivity contribution is 0.317. The van der Waals surface area contributed by atoms with Crippen LogP contribution < -0.4 is 10.5 Å². The monoisotopic (exact) mass is 270 g/mol. The number of hydrogen-bond acceptors (Lipinski definition) is 3. The number of benzene rings is 1. The van der Waals surface area contributed by atoms with Crippen molar-refractivity contribution in [2.24, 2.45) is 5.73 Å². The number of aromatic nitrogens is 1. The summed E-state index contributed by atoms with van der Waals surface area (Å²) >= 11 is 0. The number of nitrogens with two attached hydrogens (primary N) is 1. The van der Waals surface area contributed by atoms with Crippen molar-refractivity contribution in [3.05, 3.63) is 58.9 Å². The molecular weight excluding hydrogens is 248 g/mol. The molecule has 0 radical (unpaired) electrons. The Bertz CT molecular complexity index is 564. The van der Waals surface area contributed by atoms with Gasteiger partial charge in [-0.05, 0) is 49.6 Å². The van der Waals surface area contributed by atoms with Gasteiger partial charge in [0.2, 0.25) is 0 Å². The fourth-order valence-electron chi connectivity index (χ4n) is 2.20. The van der Waals surface area contributed by atoms with Crippen molar-refractivity contribution in [3.8, 4) is 5.75 Å². The highest BCUT2D eigenvalue weighted by Gasteiger charge is 2.12. The van der Waals surface area contributed by atoms with E-state index in [0.29, 0.717) is 0 Å². The summed E-state index contributed by atoms with van der Waals surface area (Å²) in [4.78, 5) is 4.47. The van der Waals surface area contributed by atoms with Gasteiger partial charge in [-0.3, -0.25) is 4.98 Å². The third kappa shape index (κ3) is 3.36. The lowest BCUT2D eigenvalue weighted by atomic mass is 9.98. The van der Waals surface area contributed by atoms with Gasteiger partial charge in [0, 0.05) is 11.4 Å². The van der Waals surface area contributed by atoms with Gasteiger partial charge in [0.25, 0.3) is 0 Å². The van der Waals surface area contributed by atoms with E-state index >= 15 is 0 Å². The van der Waals surface area contributed by atoms with Crippen LogP contribution in [0.15, 0.2) is 36.4 Å². The summed E-state index contributed by atoms with van der Waals surface area (Å²) in [5.41, 5.74) is 10.5. The van der Waals surface area contributed by atoms with Crippen LogP contribution in [0.2, 0.25) is 0 Å². The van der Waals surface area contributed by atoms with Gasteiger partial charge in [-0.25, -0.2) is 0 Å². The molecular formula is C17H22N2O. The minimum atomic E-state index is -0.150. The van der Waals surface area contributed by atoms with Crippen molar-refractivity contribution in [3.63, 3.8) is 0 Å². The van der Waals surface area contributed by atoms with Crippen LogP contribution in [-0.2, 0) is 0 Å². The Morgan fingerprint density at radius 3 is 2.40 bits per heavy atom. The molecule has 0 bridgehead atoms. The van der Waals surface area contributed by atoms with Gasteiger partial charge in [0.15, 0.2) is 0 Å². The number of aryl methyl sites for hydroxylation is 2. The first kappa shape index (κ1) is 14.5. The van der Waals surface area contributed by atoms with E-state index in [-0.39, 0.29) is 6.04 Å². The summed E-state index contributed by atoms with van der Waals surface area (Å²) < 4.78 is 5.58. The smallest absolute Gasteiger partial charge is 0.119 e. The van der Waals surface area contributed by atoms with Crippen LogP contribution in [0.3, 0.4) is 0 Å². The standard InChI is InChI=1S/C17H22N2O/c1-4-11-20-15-8-6-14(7-9-15)17(18)16-10-5-12(2)19-13(16)3/h5-10,17H,4,11,18H2,1-3H3. The predicted molar refractivity (Wildman–Crippen MR) is 82.0 cm³/mol. The Labute approximate surface area is 120 Å². The number of ether oxygens (including phenoxy) is 1. The Morgan fingerprint density at radius 1 is 1.10 bits per heavy atom. The van der Waals surface area contributed by atoms with Gasteiger partial charge in [-0.15, -0.1) is 0 Å². The molecule has 106 valence electrons. The summed E-state index contributed by atoms with van der Waals surface area (Å²) in [6.07, 6.45) is 1.01. The molecule has 1 heterocycles. The summed E-state index contributed by atoms with van der Waals surface area (Å²) in [6.45, 7) is 6.83. The molecule has 0 aliphatic rings. The van der Waals surface area contributed by atoms with Gasteiger partial charge < -0.3 is 10.5 Å². The second-order valence-corrected chi connectivity index (χ2v) is 5.02. The summed E-state index contributed by atoms with van der Waals surface area (Å²) in [6, 6.07) is 11.9. The topological polar surface area (TPSA) is 48.1 Å². The second kappa shape index (κ2) is 6.53. The van der Waals surface area contributed by atoms with E-state index in [1.165, 1.54) is 0 Å². The van der Waals surface area contributed by atoms with Crippen LogP contribution in [0, 0.1) is 13.8 Å². The van der Waals surface area contributed by atoms with E-state index in [4.69, 9.17) is 10.5 Å². The number of pyridine rings is 1. The van der Waals surface area contributed by atoms with E-state index in [1.807, 2.05) is 44.2 Å². The quantitative estimate of drug-likeness (QED) is 0.904. The van der Waals surface area contributed by atoms with Crippen LogP contribution >= 0.6 is 0 Å². The highest BCUT2D eigenvalue weighted by Crippen LogP contribution is 2.24. The first-order valence-electron chi connectivity index (χ1n) is 7.04. The molecule has 0 saturated heterocycles. The molecule has 2 aromatic rings. The average Bonchev–Trinajstić information content (AvgIpc) is 2.45. The van der Waals surface area contributed by atoms with Gasteiger partial charge in [-0.2, -0.15) is 0 Å². The lowest BCUT2D eigenvalue weighted by Crippen LogP contribution is -2.14. The van der Waals surface area contributed by atoms with Crippen LogP contribution in [0.1, 0.15) is 41.9 Å². The zero-order valence-electron chi connectivity index (χ0n) is 12.4. The van der Waals surface area contributed by atoms with E-state index in [9.17, 15) is 0 Å². The molecule has 20 heavy (non-hydrogen) atoms. The van der Waals surface area contributed by atoms with Crippen molar-refractivity contribution in [2.75, 3.05) is 6.61 Å². The van der Waals surface area contributed by atoms with E-state index in [1.54, 1.807) is 0 Å². The van der Waals surface area contributed by atoms with Crippen molar-refractivity contribution >= 4 is 0 Å². The Balaban J connectivity index is 2.18. The van der Waals surface area contributed by atoms with Crippen molar-refractivity contribution in [1.82, 2.24) is 4.98 Å². The summed E-state index contributed by atoms with van der Waals surface area (Å²) in [5.74, 6) is 0.890. The van der Waals surface area contributed by atoms with Crippen LogP contribution in [0.25, 0.3) is 0 Å². The molecule has 0 amide bonds. The van der Waals surface area contributed by atoms with Gasteiger partial charge in [0.1, 0.15) is 5.75 Å². The van der Waals surface area contributed by atoms with Gasteiger partial charge >= 0.3 is 0 Å². The number of nitrogens with zero attached hydrogens (tertiary/aromatic N) is 1. The van der Waals surface area contributed by atoms with Crippen molar-refractivity contribution in [1.29, 1.82) is 0 Å². The van der Waals surface area contributed by atoms with Crippen molar-refractivity contribution in [2.45, 2.75) is 33.2 Å². The fourth-order valence-corrected chi connectivity index (χ4v) is 2.20. The molecule has 1 aromatic carbocycles. The molecule has 0 fully saturated rings. The van der Waals surface area contributed by atoms with Crippen LogP contribution in [-0.4, -0.2) is 11.6 Å². The molecule has 0 spiro atoms. The van der Waals surface area contributed by atoms with E-state index < -0.39 is 0 Å². The fraction of sp³-hybridized carbons (Fsp3) is 0.353. The number of rotatable bonds is 5. The van der Waals surface area contributed by atoms with Crippen molar-refractivity contribution < 1.29 is 4.74 Å². The minimum Gasteiger partial charge on any atom is -0.494 e. The highest BCUT2D eigenvalue weighted by atomic mass is 16.5. The highest BCUT2D eigenvalue weighted by molar-refractivity contribution is 5.37. The Morgan fingerprint density at radius 2 is 1.80 bits per heavy atom. The molecule has 0 aliphatic carbocycles. The average molecular weight is 270 g/mol. The summed E-state index contributed by atoms with van der Waals surface area (Å²) in [7, 11) is 0. The molecule has 1 atom stereocenters. The molecule has 2 N–H and O–H groups in total. The zero-order chi connectivity index (χ0) is 14.5. The largest absolute Gasteiger partial charge is 0.494 e. The molecule has 0 saturated carbocycles. The normalized spacial score (nSPS) is 12.2. The van der Waals surface area contributed by atoms with Gasteiger partial charge in [0.05, 0.1) is 12.6 Å². The van der Waals surface area contributed by atoms with E-state index in [0.717, 1.165) is 41.3 Å². The molecule has 0 aliphatic heterocycles. The van der Waals surface area contributed by atoms with Gasteiger partial charge in [-0.1, -0.05) is 25.1 Å². The van der Waals surface area contributed by atoms with E-state index in [2.05, 4.69) is 18.0 Å². The summed E-state index contributed by atoms with van der Waals surface area (Å²) in [5, 5.41) is 0. The first-order valence-corrected chi connectivity index (χ1v) is 7.04. The molecule has 1 aromatic heterocycles. The second-order valence-electron chi connectivity index (χ2n) is 5.02. The molecule has 3 heteroatoms. The maximum atomic E-state index is 6.34. The maximum absolute atomic E-state index is 6.34. The maximum Gasteiger partial charge on any atom is 0.119 e. The molecule has 1 unspecified atom stereocenters. The van der Waals surface area contributed by atoms with Crippen LogP contribution in [0.4, 0.5) is 0 Å². The predicted octanol–water partition coefficient (Wildman–Crippen LogP) is 3.54. The minimum absolute atomic E-state index is 0.150. The molecule has 3 nitrogen and oxygen atoms in total. The lowest BCUT2D eigenvalue weighted by Gasteiger charge is -2.15. The zero-order valence-corrected chi connectivity index (χ0v) is 12.4. The SMILES string of the molecule is CCCOc1ccc(C(N)c2ccc(C)nc2C)cc1. The third-order valence-corrected chi connectivity index (χ3v) is 3.31.